The van der Waals surface area contributed by atoms with Crippen LogP contribution in [0.25, 0.3) is 0 Å². The van der Waals surface area contributed by atoms with Gasteiger partial charge in [0, 0.05) is 5.69 Å². The van der Waals surface area contributed by atoms with Gasteiger partial charge in [-0.25, -0.2) is 4.39 Å². The number of carbonyl (C=O) groups excluding carboxylic acids is 1. The fourth-order valence-electron chi connectivity index (χ4n) is 0.822. The lowest BCUT2D eigenvalue weighted by Gasteiger charge is -2.05. The molecule has 14 heavy (non-hydrogen) atoms. The van der Waals surface area contributed by atoms with Crippen molar-refractivity contribution >= 4 is 50.7 Å². The molecule has 0 fully saturated rings. The Balaban J connectivity index is 2.95. The summed E-state index contributed by atoms with van der Waals surface area (Å²) in [6.45, 7) is 0. The van der Waals surface area contributed by atoms with Crippen molar-refractivity contribution in [3.8, 4) is 0 Å². The van der Waals surface area contributed by atoms with E-state index in [1.807, 2.05) is 0 Å². The van der Waals surface area contributed by atoms with E-state index < -0.39 is 5.82 Å². The van der Waals surface area contributed by atoms with Gasteiger partial charge in [-0.2, -0.15) is 0 Å². The van der Waals surface area contributed by atoms with E-state index in [0.717, 1.165) is 0 Å². The Morgan fingerprint density at radius 2 is 1.93 bits per heavy atom. The molecule has 1 aromatic rings. The van der Waals surface area contributed by atoms with E-state index in [1.54, 1.807) is 0 Å². The molecule has 1 amide bonds. The second kappa shape index (κ2) is 4.96. The molecular formula is C8H5BrCl2FNO. The zero-order valence-corrected chi connectivity index (χ0v) is 9.88. The van der Waals surface area contributed by atoms with Crippen LogP contribution in [-0.4, -0.2) is 11.2 Å². The second-order valence-corrected chi connectivity index (χ2v) is 3.81. The van der Waals surface area contributed by atoms with Gasteiger partial charge in [0.2, 0.25) is 5.91 Å². The minimum absolute atomic E-state index is 0.123. The summed E-state index contributed by atoms with van der Waals surface area (Å²) in [5, 5.41) is 2.39. The molecule has 0 aliphatic rings. The molecule has 0 saturated carbocycles. The fourth-order valence-corrected chi connectivity index (χ4v) is 1.45. The van der Waals surface area contributed by atoms with Gasteiger partial charge in [0.25, 0.3) is 0 Å². The molecule has 0 spiro atoms. The molecular weight excluding hydrogens is 296 g/mol. The van der Waals surface area contributed by atoms with E-state index in [4.69, 9.17) is 23.2 Å². The summed E-state index contributed by atoms with van der Waals surface area (Å²) >= 11 is 14.0. The maximum atomic E-state index is 12.9. The van der Waals surface area contributed by atoms with Crippen LogP contribution in [0.1, 0.15) is 0 Å². The third-order valence-electron chi connectivity index (χ3n) is 1.39. The topological polar surface area (TPSA) is 29.1 Å². The minimum atomic E-state index is -0.690. The quantitative estimate of drug-likeness (QED) is 0.658. The number of carbonyl (C=O) groups is 1. The second-order valence-electron chi connectivity index (χ2n) is 2.44. The predicted octanol–water partition coefficient (Wildman–Crippen LogP) is 3.47. The van der Waals surface area contributed by atoms with Crippen LogP contribution in [0.2, 0.25) is 10.0 Å². The number of halogens is 4. The highest BCUT2D eigenvalue weighted by Gasteiger charge is 2.08. The minimum Gasteiger partial charge on any atom is -0.325 e. The largest absolute Gasteiger partial charge is 0.325 e. The lowest BCUT2D eigenvalue weighted by atomic mass is 10.3. The van der Waals surface area contributed by atoms with Crippen LogP contribution in [0.3, 0.4) is 0 Å². The number of rotatable bonds is 2. The van der Waals surface area contributed by atoms with E-state index in [-0.39, 0.29) is 21.3 Å². The van der Waals surface area contributed by atoms with Crippen LogP contribution in [0.5, 0.6) is 0 Å². The summed E-state index contributed by atoms with van der Waals surface area (Å²) in [4.78, 5) is 11.0. The van der Waals surface area contributed by atoms with Crippen molar-refractivity contribution in [1.82, 2.24) is 0 Å². The molecule has 0 radical (unpaired) electrons. The van der Waals surface area contributed by atoms with Crippen LogP contribution in [0, 0.1) is 5.82 Å². The molecule has 0 aliphatic heterocycles. The number of anilines is 1. The van der Waals surface area contributed by atoms with Crippen molar-refractivity contribution in [2.45, 2.75) is 0 Å². The molecule has 1 N–H and O–H groups in total. The highest BCUT2D eigenvalue weighted by molar-refractivity contribution is 9.09. The van der Waals surface area contributed by atoms with Crippen molar-refractivity contribution in [3.63, 3.8) is 0 Å². The molecule has 76 valence electrons. The van der Waals surface area contributed by atoms with E-state index >= 15 is 0 Å². The predicted molar refractivity (Wildman–Crippen MR) is 58.8 cm³/mol. The first-order valence-corrected chi connectivity index (χ1v) is 5.42. The zero-order valence-electron chi connectivity index (χ0n) is 6.78. The van der Waals surface area contributed by atoms with Crippen molar-refractivity contribution in [2.24, 2.45) is 0 Å². The molecule has 0 bridgehead atoms. The Labute approximate surface area is 98.5 Å². The maximum absolute atomic E-state index is 12.9. The Kier molecular flexibility index (Phi) is 4.16. The van der Waals surface area contributed by atoms with Gasteiger partial charge in [0.1, 0.15) is 0 Å². The van der Waals surface area contributed by atoms with Gasteiger partial charge in [-0.05, 0) is 12.1 Å². The lowest BCUT2D eigenvalue weighted by Crippen LogP contribution is -2.12. The monoisotopic (exact) mass is 299 g/mol. The summed E-state index contributed by atoms with van der Waals surface area (Å²) in [5.74, 6) is -0.950. The van der Waals surface area contributed by atoms with E-state index in [0.29, 0.717) is 5.69 Å². The van der Waals surface area contributed by atoms with Crippen LogP contribution >= 0.6 is 39.1 Å². The summed E-state index contributed by atoms with van der Waals surface area (Å²) in [6, 6.07) is 2.59. The molecule has 2 nitrogen and oxygen atoms in total. The average molecular weight is 301 g/mol. The Hall–Kier alpha value is -0.320. The van der Waals surface area contributed by atoms with Crippen LogP contribution in [0.15, 0.2) is 12.1 Å². The molecule has 6 heteroatoms. The normalized spacial score (nSPS) is 10.0. The van der Waals surface area contributed by atoms with E-state index in [1.165, 1.54) is 12.1 Å². The highest BCUT2D eigenvalue weighted by Crippen LogP contribution is 2.27. The third kappa shape index (κ3) is 2.83. The Bertz CT molecular complexity index is 349. The average Bonchev–Trinajstić information content (AvgIpc) is 2.14. The molecule has 0 atom stereocenters. The van der Waals surface area contributed by atoms with Gasteiger partial charge in [-0.1, -0.05) is 39.1 Å². The third-order valence-corrected chi connectivity index (χ3v) is 2.45. The van der Waals surface area contributed by atoms with Crippen LogP contribution in [0.4, 0.5) is 10.1 Å². The van der Waals surface area contributed by atoms with Gasteiger partial charge in [-0.3, -0.25) is 4.79 Å². The SMILES string of the molecule is O=C(CBr)Nc1cc(Cl)c(F)c(Cl)c1. The molecule has 0 heterocycles. The smallest absolute Gasteiger partial charge is 0.235 e. The summed E-state index contributed by atoms with van der Waals surface area (Å²) in [7, 11) is 0. The fraction of sp³-hybridized carbons (Fsp3) is 0.125. The molecule has 1 rings (SSSR count). The van der Waals surface area contributed by atoms with Crippen LogP contribution in [-0.2, 0) is 4.79 Å². The first-order chi connectivity index (χ1) is 6.54. The van der Waals surface area contributed by atoms with Gasteiger partial charge < -0.3 is 5.32 Å². The van der Waals surface area contributed by atoms with Crippen molar-refractivity contribution in [1.29, 1.82) is 0 Å². The Morgan fingerprint density at radius 1 is 1.43 bits per heavy atom. The number of nitrogens with one attached hydrogen (secondary N) is 1. The van der Waals surface area contributed by atoms with Crippen molar-refractivity contribution in [3.05, 3.63) is 28.0 Å². The lowest BCUT2D eigenvalue weighted by molar-refractivity contribution is -0.113. The molecule has 0 aromatic heterocycles. The number of hydrogen-bond donors (Lipinski definition) is 1. The van der Waals surface area contributed by atoms with Crippen molar-refractivity contribution in [2.75, 3.05) is 10.6 Å². The maximum Gasteiger partial charge on any atom is 0.235 e. The van der Waals surface area contributed by atoms with E-state index in [9.17, 15) is 9.18 Å². The van der Waals surface area contributed by atoms with E-state index in [2.05, 4.69) is 21.2 Å². The number of hydrogen-bond acceptors (Lipinski definition) is 1. The highest BCUT2D eigenvalue weighted by atomic mass is 79.9. The first-order valence-electron chi connectivity index (χ1n) is 3.55. The summed E-state index contributed by atoms with van der Waals surface area (Å²) in [5.41, 5.74) is 0.367. The van der Waals surface area contributed by atoms with Gasteiger partial charge >= 0.3 is 0 Å². The molecule has 0 aliphatic carbocycles. The zero-order chi connectivity index (χ0) is 10.7. The number of amides is 1. The number of benzene rings is 1. The Morgan fingerprint density at radius 3 is 2.36 bits per heavy atom. The van der Waals surface area contributed by atoms with Crippen molar-refractivity contribution < 1.29 is 9.18 Å². The first kappa shape index (κ1) is 11.8. The summed E-state index contributed by atoms with van der Waals surface area (Å²) in [6.07, 6.45) is 0. The van der Waals surface area contributed by atoms with Gasteiger partial charge in [0.05, 0.1) is 15.4 Å². The molecule has 0 saturated heterocycles. The standard InChI is InChI=1S/C8H5BrCl2FNO/c9-3-7(14)13-4-1-5(10)8(12)6(11)2-4/h1-2H,3H2,(H,13,14). The number of alkyl halides is 1. The molecule has 0 unspecified atom stereocenters. The summed E-state index contributed by atoms with van der Waals surface area (Å²) < 4.78 is 12.9. The molecule has 1 aromatic carbocycles. The van der Waals surface area contributed by atoms with Crippen LogP contribution < -0.4 is 5.32 Å². The van der Waals surface area contributed by atoms with Gasteiger partial charge in [-0.15, -0.1) is 0 Å². The van der Waals surface area contributed by atoms with Gasteiger partial charge in [0.15, 0.2) is 5.82 Å².